The first-order chi connectivity index (χ1) is 14.3. The van der Waals surface area contributed by atoms with Crippen molar-refractivity contribution in [3.8, 4) is 12.3 Å². The quantitative estimate of drug-likeness (QED) is 0.732. The summed E-state index contributed by atoms with van der Waals surface area (Å²) in [6.45, 7) is 2.00. The van der Waals surface area contributed by atoms with Crippen molar-refractivity contribution in [2.24, 2.45) is 0 Å². The lowest BCUT2D eigenvalue weighted by Crippen LogP contribution is -2.30. The fraction of sp³-hybridized carbons (Fsp3) is 0.381. The van der Waals surface area contributed by atoms with E-state index in [1.807, 2.05) is 4.90 Å². The fourth-order valence-corrected chi connectivity index (χ4v) is 3.17. The van der Waals surface area contributed by atoms with Crippen molar-refractivity contribution in [3.05, 3.63) is 47.2 Å². The van der Waals surface area contributed by atoms with Crippen LogP contribution in [0.3, 0.4) is 0 Å². The summed E-state index contributed by atoms with van der Waals surface area (Å²) in [5.74, 6) is 3.10. The molecule has 2 heterocycles. The molecule has 1 N–H and O–H groups in total. The van der Waals surface area contributed by atoms with Gasteiger partial charge in [0.15, 0.2) is 0 Å². The predicted molar refractivity (Wildman–Crippen MR) is 108 cm³/mol. The molecule has 0 unspecified atom stereocenters. The molecule has 0 atom stereocenters. The highest BCUT2D eigenvalue weighted by molar-refractivity contribution is 5.98. The van der Waals surface area contributed by atoms with Gasteiger partial charge in [-0.3, -0.25) is 4.79 Å². The van der Waals surface area contributed by atoms with Gasteiger partial charge in [-0.15, -0.1) is 6.42 Å². The summed E-state index contributed by atoms with van der Waals surface area (Å²) in [6, 6.07) is 4.68. The average molecular weight is 417 g/mol. The van der Waals surface area contributed by atoms with E-state index in [1.54, 1.807) is 11.9 Å². The Labute approximate surface area is 173 Å². The number of aromatic nitrogens is 2. The van der Waals surface area contributed by atoms with Crippen LogP contribution in [0.4, 0.5) is 24.9 Å². The molecule has 1 aromatic carbocycles. The van der Waals surface area contributed by atoms with Crippen molar-refractivity contribution in [1.82, 2.24) is 15.3 Å². The number of amides is 1. The Kier molecular flexibility index (Phi) is 6.45. The number of terminal acetylenes is 1. The Morgan fingerprint density at radius 3 is 2.53 bits per heavy atom. The molecule has 9 heteroatoms. The zero-order chi connectivity index (χ0) is 21.7. The van der Waals surface area contributed by atoms with Crippen molar-refractivity contribution < 1.29 is 18.0 Å². The van der Waals surface area contributed by atoms with Crippen LogP contribution >= 0.6 is 0 Å². The molecule has 0 radical (unpaired) electrons. The van der Waals surface area contributed by atoms with Gasteiger partial charge in [0.1, 0.15) is 11.4 Å². The lowest BCUT2D eigenvalue weighted by atomic mass is 10.1. The van der Waals surface area contributed by atoms with E-state index < -0.39 is 11.7 Å². The number of rotatable bonds is 6. The molecular weight excluding hydrogens is 395 g/mol. The molecule has 0 aliphatic carbocycles. The largest absolute Gasteiger partial charge is 0.416 e. The first kappa shape index (κ1) is 21.4. The third-order valence-corrected chi connectivity index (χ3v) is 4.81. The van der Waals surface area contributed by atoms with E-state index in [-0.39, 0.29) is 12.5 Å². The third kappa shape index (κ3) is 5.00. The van der Waals surface area contributed by atoms with E-state index in [9.17, 15) is 18.0 Å². The summed E-state index contributed by atoms with van der Waals surface area (Å²) >= 11 is 0. The standard InChI is InChI=1S/C21H22F3N5O/c1-3-10-28(2)20-26-14-17(18(27-20)29-11-4-5-12-29)19(30)25-13-15-6-8-16(9-7-15)21(22,23)24/h1,6-9,14H,4-5,10-13H2,2H3,(H,25,30). The molecule has 2 aromatic rings. The van der Waals surface area contributed by atoms with Crippen LogP contribution in [0, 0.1) is 12.3 Å². The summed E-state index contributed by atoms with van der Waals surface area (Å²) in [5.41, 5.74) is 0.154. The predicted octanol–water partition coefficient (Wildman–Crippen LogP) is 3.10. The van der Waals surface area contributed by atoms with Crippen molar-refractivity contribution in [2.45, 2.75) is 25.6 Å². The molecule has 1 saturated heterocycles. The van der Waals surface area contributed by atoms with Crippen molar-refractivity contribution in [3.63, 3.8) is 0 Å². The third-order valence-electron chi connectivity index (χ3n) is 4.81. The first-order valence-corrected chi connectivity index (χ1v) is 9.50. The van der Waals surface area contributed by atoms with Gasteiger partial charge in [-0.1, -0.05) is 18.1 Å². The number of hydrogen-bond acceptors (Lipinski definition) is 5. The molecule has 1 aliphatic heterocycles. The van der Waals surface area contributed by atoms with Crippen molar-refractivity contribution >= 4 is 17.7 Å². The number of carbonyl (C=O) groups is 1. The van der Waals surface area contributed by atoms with Crippen LogP contribution in [-0.4, -0.2) is 42.6 Å². The SMILES string of the molecule is C#CCN(C)c1ncc(C(=O)NCc2ccc(C(F)(F)F)cc2)c(N2CCCC2)n1. The van der Waals surface area contributed by atoms with Gasteiger partial charge in [0.2, 0.25) is 5.95 Å². The van der Waals surface area contributed by atoms with Gasteiger partial charge < -0.3 is 15.1 Å². The van der Waals surface area contributed by atoms with Crippen LogP contribution in [0.15, 0.2) is 30.5 Å². The van der Waals surface area contributed by atoms with Crippen LogP contribution in [0.25, 0.3) is 0 Å². The Balaban J connectivity index is 1.76. The Morgan fingerprint density at radius 1 is 1.27 bits per heavy atom. The van der Waals surface area contributed by atoms with Gasteiger partial charge in [-0.25, -0.2) is 4.98 Å². The summed E-state index contributed by atoms with van der Waals surface area (Å²) < 4.78 is 38.0. The highest BCUT2D eigenvalue weighted by Crippen LogP contribution is 2.29. The van der Waals surface area contributed by atoms with Crippen LogP contribution in [0.5, 0.6) is 0 Å². The maximum Gasteiger partial charge on any atom is 0.416 e. The Morgan fingerprint density at radius 2 is 1.93 bits per heavy atom. The van der Waals surface area contributed by atoms with E-state index in [0.717, 1.165) is 38.1 Å². The van der Waals surface area contributed by atoms with Gasteiger partial charge in [-0.05, 0) is 30.5 Å². The van der Waals surface area contributed by atoms with Crippen LogP contribution in [0.2, 0.25) is 0 Å². The highest BCUT2D eigenvalue weighted by atomic mass is 19.4. The lowest BCUT2D eigenvalue weighted by molar-refractivity contribution is -0.137. The molecule has 158 valence electrons. The van der Waals surface area contributed by atoms with E-state index in [4.69, 9.17) is 6.42 Å². The second kappa shape index (κ2) is 9.03. The van der Waals surface area contributed by atoms with E-state index >= 15 is 0 Å². The fourth-order valence-electron chi connectivity index (χ4n) is 3.17. The molecule has 1 aliphatic rings. The molecular formula is C21H22F3N5O. The van der Waals surface area contributed by atoms with Gasteiger partial charge in [0.05, 0.1) is 12.1 Å². The number of alkyl halides is 3. The summed E-state index contributed by atoms with van der Waals surface area (Å²) in [4.78, 5) is 25.3. The minimum absolute atomic E-state index is 0.0924. The molecule has 0 saturated carbocycles. The van der Waals surface area contributed by atoms with Crippen molar-refractivity contribution in [2.75, 3.05) is 36.5 Å². The van der Waals surface area contributed by atoms with E-state index in [0.29, 0.717) is 29.4 Å². The molecule has 3 rings (SSSR count). The maximum atomic E-state index is 12.8. The van der Waals surface area contributed by atoms with Crippen LogP contribution in [-0.2, 0) is 12.7 Å². The molecule has 0 spiro atoms. The first-order valence-electron chi connectivity index (χ1n) is 9.50. The second-order valence-electron chi connectivity index (χ2n) is 7.04. The summed E-state index contributed by atoms with van der Waals surface area (Å²) in [6.07, 6.45) is 4.43. The molecule has 30 heavy (non-hydrogen) atoms. The zero-order valence-corrected chi connectivity index (χ0v) is 16.5. The topological polar surface area (TPSA) is 61.4 Å². The van der Waals surface area contributed by atoms with Crippen LogP contribution < -0.4 is 15.1 Å². The van der Waals surface area contributed by atoms with Gasteiger partial charge >= 0.3 is 6.18 Å². The van der Waals surface area contributed by atoms with E-state index in [1.165, 1.54) is 18.3 Å². The molecule has 1 fully saturated rings. The van der Waals surface area contributed by atoms with Gasteiger partial charge in [0, 0.05) is 32.9 Å². The summed E-state index contributed by atoms with van der Waals surface area (Å²) in [5, 5.41) is 2.74. The normalized spacial score (nSPS) is 13.8. The number of halogens is 3. The smallest absolute Gasteiger partial charge is 0.356 e. The molecule has 6 nitrogen and oxygen atoms in total. The number of nitrogens with one attached hydrogen (secondary N) is 1. The van der Waals surface area contributed by atoms with Crippen LogP contribution in [0.1, 0.15) is 34.3 Å². The summed E-state index contributed by atoms with van der Waals surface area (Å²) in [7, 11) is 1.77. The van der Waals surface area contributed by atoms with Crippen molar-refractivity contribution in [1.29, 1.82) is 0 Å². The lowest BCUT2D eigenvalue weighted by Gasteiger charge is -2.22. The highest BCUT2D eigenvalue weighted by Gasteiger charge is 2.30. The minimum Gasteiger partial charge on any atom is -0.356 e. The average Bonchev–Trinajstić information content (AvgIpc) is 3.26. The Hall–Kier alpha value is -3.28. The minimum atomic E-state index is -4.39. The van der Waals surface area contributed by atoms with Gasteiger partial charge in [0.25, 0.3) is 5.91 Å². The zero-order valence-electron chi connectivity index (χ0n) is 16.5. The van der Waals surface area contributed by atoms with Gasteiger partial charge in [-0.2, -0.15) is 18.2 Å². The number of hydrogen-bond donors (Lipinski definition) is 1. The number of carbonyl (C=O) groups excluding carboxylic acids is 1. The molecule has 1 aromatic heterocycles. The number of benzene rings is 1. The van der Waals surface area contributed by atoms with E-state index in [2.05, 4.69) is 21.2 Å². The number of anilines is 2. The monoisotopic (exact) mass is 417 g/mol. The second-order valence-corrected chi connectivity index (χ2v) is 7.04. The maximum absolute atomic E-state index is 12.8. The molecule has 0 bridgehead atoms. The molecule has 1 amide bonds. The number of nitrogens with zero attached hydrogens (tertiary/aromatic N) is 4. The Bertz CT molecular complexity index is 931.